The second kappa shape index (κ2) is 7.58. The minimum atomic E-state index is -0.770. The van der Waals surface area contributed by atoms with Gasteiger partial charge in [0.2, 0.25) is 0 Å². The van der Waals surface area contributed by atoms with Crippen molar-refractivity contribution < 1.29 is 13.9 Å². The van der Waals surface area contributed by atoms with Crippen molar-refractivity contribution in [1.29, 1.82) is 0 Å². The molecule has 140 valence electrons. The van der Waals surface area contributed by atoms with Crippen LogP contribution in [-0.4, -0.2) is 16.3 Å². The van der Waals surface area contributed by atoms with Crippen molar-refractivity contribution in [3.8, 4) is 27.6 Å². The summed E-state index contributed by atoms with van der Waals surface area (Å²) >= 11 is 7.08. The number of carbonyl (C=O) groups excluding carboxylic acids is 1. The summed E-state index contributed by atoms with van der Waals surface area (Å²) < 4.78 is 10.6. The lowest BCUT2D eigenvalue weighted by Crippen LogP contribution is -2.17. The van der Waals surface area contributed by atoms with Crippen LogP contribution in [0.5, 0.6) is 5.75 Å². The summed E-state index contributed by atoms with van der Waals surface area (Å²) in [4.78, 5) is 28.7. The zero-order chi connectivity index (χ0) is 19.7. The van der Waals surface area contributed by atoms with Crippen LogP contribution in [0.15, 0.2) is 69.2 Å². The van der Waals surface area contributed by atoms with E-state index in [1.54, 1.807) is 18.2 Å². The Hall–Kier alpha value is -2.96. The first kappa shape index (κ1) is 18.4. The van der Waals surface area contributed by atoms with Gasteiger partial charge in [0.05, 0.1) is 11.3 Å². The zero-order valence-electron chi connectivity index (χ0n) is 14.7. The fraction of sp³-hybridized carbons (Fsp3) is 0.0952. The summed E-state index contributed by atoms with van der Waals surface area (Å²) in [6, 6.07) is 16.3. The van der Waals surface area contributed by atoms with Crippen LogP contribution < -0.4 is 10.4 Å². The predicted molar refractivity (Wildman–Crippen MR) is 110 cm³/mol. The number of thiazole rings is 1. The third-order valence-electron chi connectivity index (χ3n) is 4.05. The number of carbonyl (C=O) groups is 1. The molecule has 0 amide bonds. The van der Waals surface area contributed by atoms with E-state index in [0.29, 0.717) is 21.5 Å². The van der Waals surface area contributed by atoms with Crippen molar-refractivity contribution in [3.05, 3.63) is 70.4 Å². The molecule has 1 unspecified atom stereocenters. The van der Waals surface area contributed by atoms with Crippen molar-refractivity contribution in [2.75, 3.05) is 0 Å². The molecule has 0 saturated heterocycles. The van der Waals surface area contributed by atoms with Gasteiger partial charge in [-0.15, -0.1) is 22.9 Å². The van der Waals surface area contributed by atoms with Crippen LogP contribution in [0.2, 0.25) is 0 Å². The van der Waals surface area contributed by atoms with Crippen LogP contribution >= 0.6 is 22.9 Å². The minimum Gasteiger partial charge on any atom is -0.425 e. The fourth-order valence-corrected chi connectivity index (χ4v) is 3.52. The van der Waals surface area contributed by atoms with E-state index in [0.717, 1.165) is 11.3 Å². The second-order valence-corrected chi connectivity index (χ2v) is 7.60. The number of fused-ring (bicyclic) bond motifs is 1. The van der Waals surface area contributed by atoms with Crippen molar-refractivity contribution in [3.63, 3.8) is 0 Å². The van der Waals surface area contributed by atoms with Crippen molar-refractivity contribution >= 4 is 39.9 Å². The van der Waals surface area contributed by atoms with Gasteiger partial charge < -0.3 is 9.15 Å². The van der Waals surface area contributed by atoms with E-state index in [1.807, 2.05) is 35.7 Å². The lowest BCUT2D eigenvalue weighted by molar-refractivity contribution is -0.133. The van der Waals surface area contributed by atoms with E-state index in [9.17, 15) is 9.59 Å². The summed E-state index contributed by atoms with van der Waals surface area (Å²) in [6.07, 6.45) is 0. The third-order valence-corrected chi connectivity index (χ3v) is 5.11. The Labute approximate surface area is 169 Å². The quantitative estimate of drug-likeness (QED) is 0.202. The number of benzene rings is 2. The van der Waals surface area contributed by atoms with Crippen LogP contribution in [0.4, 0.5) is 0 Å². The highest BCUT2D eigenvalue weighted by atomic mass is 35.5. The number of halogens is 1. The molecule has 0 radical (unpaired) electrons. The average Bonchev–Trinajstić information content (AvgIpc) is 3.18. The van der Waals surface area contributed by atoms with Crippen LogP contribution in [0.3, 0.4) is 0 Å². The number of hydrogen-bond donors (Lipinski definition) is 0. The van der Waals surface area contributed by atoms with Gasteiger partial charge in [0.25, 0.3) is 0 Å². The van der Waals surface area contributed by atoms with E-state index in [4.69, 9.17) is 20.8 Å². The second-order valence-electron chi connectivity index (χ2n) is 6.09. The number of rotatable bonds is 4. The van der Waals surface area contributed by atoms with Gasteiger partial charge in [-0.05, 0) is 25.1 Å². The van der Waals surface area contributed by atoms with E-state index in [1.165, 1.54) is 24.3 Å². The summed E-state index contributed by atoms with van der Waals surface area (Å²) in [5, 5.41) is 2.42. The molecular weight excluding hydrogens is 398 g/mol. The topological polar surface area (TPSA) is 69.4 Å². The molecule has 4 rings (SSSR count). The van der Waals surface area contributed by atoms with Crippen LogP contribution in [0.1, 0.15) is 6.92 Å². The van der Waals surface area contributed by atoms with E-state index < -0.39 is 17.0 Å². The molecule has 0 bridgehead atoms. The molecule has 2 heterocycles. The summed E-state index contributed by atoms with van der Waals surface area (Å²) in [6.45, 7) is 1.52. The highest BCUT2D eigenvalue weighted by molar-refractivity contribution is 7.13. The Morgan fingerprint density at radius 3 is 2.71 bits per heavy atom. The van der Waals surface area contributed by atoms with Gasteiger partial charge in [-0.1, -0.05) is 30.3 Å². The van der Waals surface area contributed by atoms with Gasteiger partial charge in [0.15, 0.2) is 0 Å². The van der Waals surface area contributed by atoms with E-state index in [2.05, 4.69) is 4.98 Å². The van der Waals surface area contributed by atoms with Crippen molar-refractivity contribution in [1.82, 2.24) is 4.98 Å². The molecule has 0 aliphatic carbocycles. The first-order chi connectivity index (χ1) is 13.5. The number of ether oxygens (including phenoxy) is 1. The molecule has 1 atom stereocenters. The predicted octanol–water partition coefficient (Wildman–Crippen LogP) is 5.12. The lowest BCUT2D eigenvalue weighted by atomic mass is 10.1. The largest absolute Gasteiger partial charge is 0.425 e. The molecular formula is C21H14ClNO4S. The maximum atomic E-state index is 12.5. The number of hydrogen-bond acceptors (Lipinski definition) is 6. The lowest BCUT2D eigenvalue weighted by Gasteiger charge is -2.06. The van der Waals surface area contributed by atoms with Gasteiger partial charge >= 0.3 is 11.6 Å². The van der Waals surface area contributed by atoms with Crippen LogP contribution in [0.25, 0.3) is 32.8 Å². The minimum absolute atomic E-state index is 0.265. The summed E-state index contributed by atoms with van der Waals surface area (Å²) in [5.41, 5.74) is 1.99. The van der Waals surface area contributed by atoms with Crippen LogP contribution in [0, 0.1) is 0 Å². The van der Waals surface area contributed by atoms with Gasteiger partial charge in [0, 0.05) is 22.4 Å². The van der Waals surface area contributed by atoms with Crippen molar-refractivity contribution in [2.45, 2.75) is 12.3 Å². The Bertz CT molecular complexity index is 1210. The highest BCUT2D eigenvalue weighted by Gasteiger charge is 2.15. The van der Waals surface area contributed by atoms with E-state index in [-0.39, 0.29) is 5.75 Å². The average molecular weight is 412 g/mol. The molecule has 7 heteroatoms. The monoisotopic (exact) mass is 411 g/mol. The molecule has 28 heavy (non-hydrogen) atoms. The molecule has 0 fully saturated rings. The van der Waals surface area contributed by atoms with Gasteiger partial charge in [-0.25, -0.2) is 9.78 Å². The SMILES string of the molecule is CC(Cl)C(=O)Oc1ccc2cc(-c3nc(-c4ccccc4)cs3)c(=O)oc2c1. The fourth-order valence-electron chi connectivity index (χ4n) is 2.64. The molecule has 0 saturated carbocycles. The third kappa shape index (κ3) is 3.69. The normalized spacial score (nSPS) is 12.1. The Kier molecular flexibility index (Phi) is 4.98. The molecule has 0 aliphatic heterocycles. The first-order valence-electron chi connectivity index (χ1n) is 8.46. The van der Waals surface area contributed by atoms with Crippen molar-refractivity contribution in [2.24, 2.45) is 0 Å². The summed E-state index contributed by atoms with van der Waals surface area (Å²) in [5.74, 6) is -0.308. The molecule has 0 N–H and O–H groups in total. The van der Waals surface area contributed by atoms with Gasteiger partial charge in [-0.2, -0.15) is 0 Å². The Morgan fingerprint density at radius 1 is 1.18 bits per heavy atom. The maximum absolute atomic E-state index is 12.5. The van der Waals surface area contributed by atoms with Gasteiger partial charge in [-0.3, -0.25) is 4.79 Å². The Balaban J connectivity index is 1.69. The number of alkyl halides is 1. The smallest absolute Gasteiger partial charge is 0.346 e. The highest BCUT2D eigenvalue weighted by Crippen LogP contribution is 2.29. The molecule has 2 aromatic heterocycles. The molecule has 4 aromatic rings. The molecule has 0 aliphatic rings. The molecule has 2 aromatic carbocycles. The van der Waals surface area contributed by atoms with Gasteiger partial charge in [0.1, 0.15) is 21.7 Å². The number of aromatic nitrogens is 1. The van der Waals surface area contributed by atoms with Crippen LogP contribution in [-0.2, 0) is 4.79 Å². The maximum Gasteiger partial charge on any atom is 0.346 e. The van der Waals surface area contributed by atoms with E-state index >= 15 is 0 Å². The first-order valence-corrected chi connectivity index (χ1v) is 9.78. The number of nitrogens with zero attached hydrogens (tertiary/aromatic N) is 1. The molecule has 0 spiro atoms. The molecule has 5 nitrogen and oxygen atoms in total. The summed E-state index contributed by atoms with van der Waals surface area (Å²) in [7, 11) is 0. The number of esters is 1. The zero-order valence-corrected chi connectivity index (χ0v) is 16.3. The Morgan fingerprint density at radius 2 is 1.96 bits per heavy atom. The standard InChI is InChI=1S/C21H14ClNO4S/c1-12(22)20(24)26-15-8-7-14-9-16(21(25)27-18(14)10-15)19-23-17(11-28-19)13-5-3-2-4-6-13/h2-12H,1H3.